The Morgan fingerprint density at radius 3 is 2.67 bits per heavy atom. The highest BCUT2D eigenvalue weighted by atomic mass is 15.3. The van der Waals surface area contributed by atoms with Crippen LogP contribution in [0.4, 0.5) is 0 Å². The predicted molar refractivity (Wildman–Crippen MR) is 79.6 cm³/mol. The van der Waals surface area contributed by atoms with Gasteiger partial charge in [-0.15, -0.1) is 10.2 Å². The molecule has 0 radical (unpaired) electrons. The van der Waals surface area contributed by atoms with Crippen molar-refractivity contribution in [1.29, 1.82) is 5.26 Å². The molecule has 1 aromatic carbocycles. The van der Waals surface area contributed by atoms with Crippen molar-refractivity contribution in [3.05, 3.63) is 42.5 Å². The van der Waals surface area contributed by atoms with E-state index in [1.807, 2.05) is 34.9 Å². The van der Waals surface area contributed by atoms with Crippen LogP contribution in [0.2, 0.25) is 0 Å². The topological polar surface area (TPSA) is 66.5 Å². The Kier molecular flexibility index (Phi) is 4.27. The van der Waals surface area contributed by atoms with Crippen molar-refractivity contribution in [3.8, 4) is 11.8 Å². The van der Waals surface area contributed by atoms with Crippen LogP contribution in [-0.4, -0.2) is 20.8 Å². The number of aromatic nitrogens is 3. The summed E-state index contributed by atoms with van der Waals surface area (Å²) in [4.78, 5) is 0. The van der Waals surface area contributed by atoms with Crippen LogP contribution in [0, 0.1) is 17.2 Å². The lowest BCUT2D eigenvalue weighted by atomic mass is 9.87. The van der Waals surface area contributed by atoms with Crippen LogP contribution in [0.5, 0.6) is 0 Å². The van der Waals surface area contributed by atoms with Crippen molar-refractivity contribution < 1.29 is 0 Å². The summed E-state index contributed by atoms with van der Waals surface area (Å²) >= 11 is 0. The molecule has 0 atom stereocenters. The van der Waals surface area contributed by atoms with Gasteiger partial charge in [0.15, 0.2) is 5.82 Å². The van der Waals surface area contributed by atoms with Gasteiger partial charge in [0.1, 0.15) is 6.33 Å². The molecule has 3 rings (SSSR count). The van der Waals surface area contributed by atoms with Crippen LogP contribution in [0.3, 0.4) is 0 Å². The Morgan fingerprint density at radius 2 is 1.95 bits per heavy atom. The maximum absolute atomic E-state index is 8.93. The molecule has 0 spiro atoms. The molecular formula is C16H19N5. The van der Waals surface area contributed by atoms with E-state index in [2.05, 4.69) is 21.6 Å². The molecule has 5 nitrogen and oxygen atoms in total. The summed E-state index contributed by atoms with van der Waals surface area (Å²) in [7, 11) is 0. The number of hydrogen-bond donors (Lipinski definition) is 1. The molecule has 21 heavy (non-hydrogen) atoms. The zero-order valence-corrected chi connectivity index (χ0v) is 11.9. The minimum atomic E-state index is 0.246. The fraction of sp³-hybridized carbons (Fsp3) is 0.438. The van der Waals surface area contributed by atoms with E-state index in [0.29, 0.717) is 12.6 Å². The highest BCUT2D eigenvalue weighted by Gasteiger charge is 2.20. The van der Waals surface area contributed by atoms with Gasteiger partial charge in [0.05, 0.1) is 12.6 Å². The number of nitrogens with one attached hydrogen (secondary N) is 1. The number of nitrogens with zero attached hydrogens (tertiary/aromatic N) is 4. The lowest BCUT2D eigenvalue weighted by molar-refractivity contribution is 0.328. The first-order valence-corrected chi connectivity index (χ1v) is 7.44. The summed E-state index contributed by atoms with van der Waals surface area (Å²) in [6.07, 6.45) is 5.88. The van der Waals surface area contributed by atoms with Crippen molar-refractivity contribution in [3.63, 3.8) is 0 Å². The minimum Gasteiger partial charge on any atom is -0.307 e. The molecule has 0 aliphatic heterocycles. The highest BCUT2D eigenvalue weighted by Crippen LogP contribution is 2.23. The van der Waals surface area contributed by atoms with Gasteiger partial charge >= 0.3 is 0 Å². The quantitative estimate of drug-likeness (QED) is 0.934. The van der Waals surface area contributed by atoms with E-state index in [4.69, 9.17) is 5.26 Å². The van der Waals surface area contributed by atoms with Crippen LogP contribution in [-0.2, 0) is 6.54 Å². The zero-order valence-electron chi connectivity index (χ0n) is 11.9. The van der Waals surface area contributed by atoms with Gasteiger partial charge in [-0.1, -0.05) is 18.2 Å². The molecular weight excluding hydrogens is 262 g/mol. The molecule has 108 valence electrons. The SMILES string of the molecule is N#CC1CCC(NCc2nncn2-c2ccccc2)CC1. The normalized spacial score (nSPS) is 21.9. The van der Waals surface area contributed by atoms with Crippen molar-refractivity contribution in [2.45, 2.75) is 38.3 Å². The summed E-state index contributed by atoms with van der Waals surface area (Å²) in [6, 6.07) is 13.0. The van der Waals surface area contributed by atoms with Gasteiger partial charge in [0.25, 0.3) is 0 Å². The van der Waals surface area contributed by atoms with E-state index < -0.39 is 0 Å². The molecule has 1 N–H and O–H groups in total. The number of para-hydroxylation sites is 1. The second-order valence-corrected chi connectivity index (χ2v) is 5.51. The van der Waals surface area contributed by atoms with E-state index in [-0.39, 0.29) is 5.92 Å². The summed E-state index contributed by atoms with van der Waals surface area (Å²) < 4.78 is 2.01. The molecule has 1 saturated carbocycles. The molecule has 1 fully saturated rings. The van der Waals surface area contributed by atoms with E-state index in [1.54, 1.807) is 6.33 Å². The molecule has 1 aromatic heterocycles. The van der Waals surface area contributed by atoms with Crippen molar-refractivity contribution >= 4 is 0 Å². The van der Waals surface area contributed by atoms with Gasteiger partial charge in [-0.25, -0.2) is 0 Å². The molecule has 2 aromatic rings. The Labute approximate surface area is 124 Å². The van der Waals surface area contributed by atoms with Gasteiger partial charge in [0, 0.05) is 17.6 Å². The van der Waals surface area contributed by atoms with Crippen LogP contribution < -0.4 is 5.32 Å². The van der Waals surface area contributed by atoms with Gasteiger partial charge < -0.3 is 5.32 Å². The van der Waals surface area contributed by atoms with E-state index in [9.17, 15) is 0 Å². The third-order valence-electron chi connectivity index (χ3n) is 4.11. The minimum absolute atomic E-state index is 0.246. The second-order valence-electron chi connectivity index (χ2n) is 5.51. The number of nitriles is 1. The first kappa shape index (κ1) is 13.8. The maximum atomic E-state index is 8.93. The summed E-state index contributed by atoms with van der Waals surface area (Å²) in [5.74, 6) is 1.17. The summed E-state index contributed by atoms with van der Waals surface area (Å²) in [6.45, 7) is 0.705. The maximum Gasteiger partial charge on any atom is 0.151 e. The molecule has 5 heteroatoms. The average Bonchev–Trinajstić information content (AvgIpc) is 3.03. The lowest BCUT2D eigenvalue weighted by Gasteiger charge is -2.25. The predicted octanol–water partition coefficient (Wildman–Crippen LogP) is 2.44. The van der Waals surface area contributed by atoms with E-state index in [1.165, 1.54) is 0 Å². The van der Waals surface area contributed by atoms with Crippen LogP contribution in [0.25, 0.3) is 5.69 Å². The summed E-state index contributed by atoms with van der Waals surface area (Å²) in [5.41, 5.74) is 1.08. The molecule has 0 saturated heterocycles. The number of rotatable bonds is 4. The fourth-order valence-electron chi connectivity index (χ4n) is 2.85. The van der Waals surface area contributed by atoms with E-state index >= 15 is 0 Å². The van der Waals surface area contributed by atoms with Crippen LogP contribution in [0.15, 0.2) is 36.7 Å². The van der Waals surface area contributed by atoms with Crippen molar-refractivity contribution in [2.24, 2.45) is 5.92 Å². The molecule has 1 aliphatic rings. The Hall–Kier alpha value is -2.19. The number of hydrogen-bond acceptors (Lipinski definition) is 4. The summed E-state index contributed by atoms with van der Waals surface area (Å²) in [5, 5.41) is 20.7. The number of benzene rings is 1. The highest BCUT2D eigenvalue weighted by molar-refractivity contribution is 5.31. The van der Waals surface area contributed by atoms with Crippen molar-refractivity contribution in [2.75, 3.05) is 0 Å². The van der Waals surface area contributed by atoms with Gasteiger partial charge in [-0.05, 0) is 37.8 Å². The Morgan fingerprint density at radius 1 is 1.19 bits per heavy atom. The van der Waals surface area contributed by atoms with Gasteiger partial charge in [0.2, 0.25) is 0 Å². The monoisotopic (exact) mass is 281 g/mol. The fourth-order valence-corrected chi connectivity index (χ4v) is 2.85. The van der Waals surface area contributed by atoms with Gasteiger partial charge in [-0.2, -0.15) is 5.26 Å². The molecule has 1 heterocycles. The lowest BCUT2D eigenvalue weighted by Crippen LogP contribution is -2.33. The smallest absolute Gasteiger partial charge is 0.151 e. The van der Waals surface area contributed by atoms with Crippen LogP contribution >= 0.6 is 0 Å². The van der Waals surface area contributed by atoms with Gasteiger partial charge in [-0.3, -0.25) is 4.57 Å². The van der Waals surface area contributed by atoms with Crippen molar-refractivity contribution in [1.82, 2.24) is 20.1 Å². The largest absolute Gasteiger partial charge is 0.307 e. The second kappa shape index (κ2) is 6.51. The molecule has 1 aliphatic carbocycles. The molecule has 0 bridgehead atoms. The van der Waals surface area contributed by atoms with E-state index in [0.717, 1.165) is 37.2 Å². The Balaban J connectivity index is 1.60. The average molecular weight is 281 g/mol. The third-order valence-corrected chi connectivity index (χ3v) is 4.11. The zero-order chi connectivity index (χ0) is 14.5. The first-order valence-electron chi connectivity index (χ1n) is 7.44. The van der Waals surface area contributed by atoms with Crippen LogP contribution in [0.1, 0.15) is 31.5 Å². The third kappa shape index (κ3) is 3.29. The first-order chi connectivity index (χ1) is 10.4. The molecule has 0 amide bonds. The standard InChI is InChI=1S/C16H19N5/c17-10-13-6-8-14(9-7-13)18-11-16-20-19-12-21(16)15-4-2-1-3-5-15/h1-5,12-14,18H,6-9,11H2. The Bertz CT molecular complexity index is 605. The molecule has 0 unspecified atom stereocenters.